The molecule has 0 aromatic heterocycles. The van der Waals surface area contributed by atoms with Gasteiger partial charge in [-0.1, -0.05) is 5.75 Å². The van der Waals surface area contributed by atoms with Gasteiger partial charge in [-0.15, -0.1) is 0 Å². The van der Waals surface area contributed by atoms with Crippen molar-refractivity contribution in [1.29, 1.82) is 0 Å². The SMILES string of the molecule is [O-]c1c(I)cc(F)c(I)c1F. The molecule has 1 aromatic carbocycles. The highest BCUT2D eigenvalue weighted by Gasteiger charge is 2.08. The van der Waals surface area contributed by atoms with Crippen molar-refractivity contribution in [3.63, 3.8) is 0 Å². The van der Waals surface area contributed by atoms with Gasteiger partial charge in [0.05, 0.1) is 3.57 Å². The highest BCUT2D eigenvalue weighted by atomic mass is 127. The summed E-state index contributed by atoms with van der Waals surface area (Å²) in [5.41, 5.74) is 0. The zero-order valence-corrected chi connectivity index (χ0v) is 9.31. The van der Waals surface area contributed by atoms with E-state index in [1.165, 1.54) is 22.6 Å². The fourth-order valence-corrected chi connectivity index (χ4v) is 1.46. The van der Waals surface area contributed by atoms with E-state index in [0.717, 1.165) is 6.07 Å². The Morgan fingerprint density at radius 3 is 2.36 bits per heavy atom. The molecule has 0 unspecified atom stereocenters. The van der Waals surface area contributed by atoms with Crippen LogP contribution in [0.15, 0.2) is 6.07 Å². The van der Waals surface area contributed by atoms with Crippen molar-refractivity contribution in [2.75, 3.05) is 0 Å². The van der Waals surface area contributed by atoms with Crippen LogP contribution >= 0.6 is 45.2 Å². The second-order valence-corrected chi connectivity index (χ2v) is 4.04. The molecule has 0 bridgehead atoms. The molecule has 11 heavy (non-hydrogen) atoms. The summed E-state index contributed by atoms with van der Waals surface area (Å²) in [6.07, 6.45) is 0. The molecule has 0 saturated carbocycles. The van der Waals surface area contributed by atoms with Gasteiger partial charge in [0.2, 0.25) is 0 Å². The highest BCUT2D eigenvalue weighted by Crippen LogP contribution is 2.26. The maximum atomic E-state index is 12.7. The highest BCUT2D eigenvalue weighted by molar-refractivity contribution is 14.1. The van der Waals surface area contributed by atoms with Crippen LogP contribution in [-0.2, 0) is 0 Å². The van der Waals surface area contributed by atoms with Crippen LogP contribution in [0, 0.1) is 18.8 Å². The van der Waals surface area contributed by atoms with Gasteiger partial charge in [-0.25, -0.2) is 8.78 Å². The Kier molecular flexibility index (Phi) is 2.90. The smallest absolute Gasteiger partial charge is 0.140 e. The van der Waals surface area contributed by atoms with E-state index in [4.69, 9.17) is 0 Å². The molecule has 60 valence electrons. The van der Waals surface area contributed by atoms with Gasteiger partial charge in [0.25, 0.3) is 0 Å². The molecule has 0 aliphatic rings. The van der Waals surface area contributed by atoms with Crippen molar-refractivity contribution >= 4 is 45.2 Å². The molecular formula is C6HF2I2O-. The van der Waals surface area contributed by atoms with E-state index in [1.54, 1.807) is 22.6 Å². The minimum Gasteiger partial charge on any atom is -0.870 e. The largest absolute Gasteiger partial charge is 0.870 e. The third-order valence-corrected chi connectivity index (χ3v) is 2.86. The summed E-state index contributed by atoms with van der Waals surface area (Å²) in [6, 6.07) is 1.02. The first-order valence-electron chi connectivity index (χ1n) is 2.54. The lowest BCUT2D eigenvalue weighted by Gasteiger charge is -2.11. The molecule has 0 atom stereocenters. The molecule has 0 spiro atoms. The van der Waals surface area contributed by atoms with Crippen LogP contribution < -0.4 is 5.11 Å². The fraction of sp³-hybridized carbons (Fsp3) is 0. The molecule has 0 aliphatic carbocycles. The summed E-state index contributed by atoms with van der Waals surface area (Å²) < 4.78 is 25.1. The van der Waals surface area contributed by atoms with E-state index in [-0.39, 0.29) is 7.14 Å². The second-order valence-electron chi connectivity index (χ2n) is 1.80. The number of rotatable bonds is 0. The van der Waals surface area contributed by atoms with Crippen molar-refractivity contribution in [2.24, 2.45) is 0 Å². The molecular weight excluding hydrogens is 380 g/mol. The molecule has 0 N–H and O–H groups in total. The molecule has 1 nitrogen and oxygen atoms in total. The van der Waals surface area contributed by atoms with Crippen LogP contribution in [0.5, 0.6) is 5.75 Å². The normalized spacial score (nSPS) is 10.2. The summed E-state index contributed by atoms with van der Waals surface area (Å²) in [7, 11) is 0. The summed E-state index contributed by atoms with van der Waals surface area (Å²) in [5.74, 6) is -2.43. The predicted molar refractivity (Wildman–Crippen MR) is 51.2 cm³/mol. The summed E-state index contributed by atoms with van der Waals surface area (Å²) in [5, 5.41) is 10.8. The van der Waals surface area contributed by atoms with Crippen LogP contribution in [0.2, 0.25) is 0 Å². The number of halogens is 4. The van der Waals surface area contributed by atoms with E-state index >= 15 is 0 Å². The van der Waals surface area contributed by atoms with Gasteiger partial charge < -0.3 is 5.11 Å². The van der Waals surface area contributed by atoms with E-state index in [1.807, 2.05) is 0 Å². The lowest BCUT2D eigenvalue weighted by Crippen LogP contribution is -2.01. The minimum absolute atomic E-state index is 0.0676. The van der Waals surface area contributed by atoms with Crippen molar-refractivity contribution in [1.82, 2.24) is 0 Å². The summed E-state index contributed by atoms with van der Waals surface area (Å²) in [6.45, 7) is 0. The van der Waals surface area contributed by atoms with Gasteiger partial charge in [0.1, 0.15) is 11.6 Å². The zero-order chi connectivity index (χ0) is 8.59. The average molecular weight is 381 g/mol. The summed E-state index contributed by atoms with van der Waals surface area (Å²) >= 11 is 3.05. The Hall–Kier alpha value is 0.340. The Morgan fingerprint density at radius 2 is 1.82 bits per heavy atom. The van der Waals surface area contributed by atoms with Crippen LogP contribution in [0.1, 0.15) is 0 Å². The molecule has 0 fully saturated rings. The van der Waals surface area contributed by atoms with Crippen molar-refractivity contribution in [2.45, 2.75) is 0 Å². The standard InChI is InChI=1S/C6H2F2I2O/c7-2-1-3(9)6(11)4(8)5(2)10/h1,11H/p-1. The molecule has 0 amide bonds. The lowest BCUT2D eigenvalue weighted by atomic mass is 10.3. The van der Waals surface area contributed by atoms with Crippen molar-refractivity contribution < 1.29 is 13.9 Å². The number of benzene rings is 1. The summed E-state index contributed by atoms with van der Waals surface area (Å²) in [4.78, 5) is 0. The van der Waals surface area contributed by atoms with Gasteiger partial charge in [-0.05, 0) is 51.2 Å². The zero-order valence-electron chi connectivity index (χ0n) is 5.00. The third kappa shape index (κ3) is 1.74. The van der Waals surface area contributed by atoms with Gasteiger partial charge >= 0.3 is 0 Å². The first kappa shape index (κ1) is 9.43. The Balaban J connectivity index is 3.46. The minimum atomic E-state index is -1.00. The maximum absolute atomic E-state index is 12.7. The molecule has 1 aromatic rings. The Morgan fingerprint density at radius 1 is 1.27 bits per heavy atom. The Labute approximate surface area is 89.1 Å². The molecule has 0 saturated heterocycles. The van der Waals surface area contributed by atoms with Crippen LogP contribution in [0.3, 0.4) is 0 Å². The monoisotopic (exact) mass is 381 g/mol. The molecule has 1 rings (SSSR count). The fourth-order valence-electron chi connectivity index (χ4n) is 0.550. The Bertz CT molecular complexity index is 275. The lowest BCUT2D eigenvalue weighted by molar-refractivity contribution is -0.274. The van der Waals surface area contributed by atoms with Crippen molar-refractivity contribution in [3.05, 3.63) is 24.8 Å². The maximum Gasteiger partial charge on any atom is 0.140 e. The molecule has 5 heteroatoms. The first-order valence-corrected chi connectivity index (χ1v) is 4.69. The van der Waals surface area contributed by atoms with Gasteiger partial charge in [0, 0.05) is 3.57 Å². The number of hydrogen-bond donors (Lipinski definition) is 0. The third-order valence-electron chi connectivity index (χ3n) is 1.07. The van der Waals surface area contributed by atoms with E-state index in [9.17, 15) is 13.9 Å². The second kappa shape index (κ2) is 3.38. The number of hydrogen-bond acceptors (Lipinski definition) is 1. The van der Waals surface area contributed by atoms with Crippen molar-refractivity contribution in [3.8, 4) is 5.75 Å². The van der Waals surface area contributed by atoms with E-state index < -0.39 is 17.4 Å². The molecule has 0 aliphatic heterocycles. The average Bonchev–Trinajstić information content (AvgIpc) is 1.97. The van der Waals surface area contributed by atoms with Crippen LogP contribution in [0.4, 0.5) is 8.78 Å². The van der Waals surface area contributed by atoms with Crippen LogP contribution in [-0.4, -0.2) is 0 Å². The van der Waals surface area contributed by atoms with E-state index in [2.05, 4.69) is 0 Å². The molecule has 0 radical (unpaired) electrons. The van der Waals surface area contributed by atoms with Gasteiger partial charge in [-0.3, -0.25) is 0 Å². The predicted octanol–water partition coefficient (Wildman–Crippen LogP) is 2.25. The van der Waals surface area contributed by atoms with Gasteiger partial charge in [0.15, 0.2) is 0 Å². The molecule has 0 heterocycles. The first-order chi connectivity index (χ1) is 5.04. The van der Waals surface area contributed by atoms with E-state index in [0.29, 0.717) is 0 Å². The quantitative estimate of drug-likeness (QED) is 0.384. The van der Waals surface area contributed by atoms with Crippen LogP contribution in [0.25, 0.3) is 0 Å². The topological polar surface area (TPSA) is 23.1 Å². The van der Waals surface area contributed by atoms with Gasteiger partial charge in [-0.2, -0.15) is 0 Å².